The smallest absolute Gasteiger partial charge is 0.155 e. The highest BCUT2D eigenvalue weighted by Gasteiger charge is 2.25. The van der Waals surface area contributed by atoms with Crippen molar-refractivity contribution in [1.82, 2.24) is 9.78 Å². The number of aldehydes is 1. The minimum absolute atomic E-state index is 0.708. The maximum atomic E-state index is 11.0. The SMILES string of the molecule is Cc1nn(C)c(N2CCC(C)C2)c1C=O. The van der Waals surface area contributed by atoms with E-state index in [9.17, 15) is 4.79 Å². The fourth-order valence-electron chi connectivity index (χ4n) is 2.30. The van der Waals surface area contributed by atoms with Gasteiger partial charge in [-0.2, -0.15) is 5.10 Å². The van der Waals surface area contributed by atoms with Gasteiger partial charge in [-0.1, -0.05) is 6.92 Å². The van der Waals surface area contributed by atoms with Crippen molar-refractivity contribution in [2.24, 2.45) is 13.0 Å². The van der Waals surface area contributed by atoms with Crippen LogP contribution >= 0.6 is 0 Å². The van der Waals surface area contributed by atoms with Gasteiger partial charge in [-0.3, -0.25) is 9.48 Å². The number of carbonyl (C=O) groups is 1. The summed E-state index contributed by atoms with van der Waals surface area (Å²) in [6.07, 6.45) is 2.11. The summed E-state index contributed by atoms with van der Waals surface area (Å²) in [5, 5.41) is 4.30. The molecule has 1 unspecified atom stereocenters. The van der Waals surface area contributed by atoms with Gasteiger partial charge in [-0.25, -0.2) is 0 Å². The van der Waals surface area contributed by atoms with Crippen LogP contribution in [0.15, 0.2) is 0 Å². The summed E-state index contributed by atoms with van der Waals surface area (Å²) in [5.74, 6) is 1.69. The van der Waals surface area contributed by atoms with Crippen LogP contribution in [-0.4, -0.2) is 29.2 Å². The zero-order valence-corrected chi connectivity index (χ0v) is 9.53. The third-order valence-corrected chi connectivity index (χ3v) is 3.08. The lowest BCUT2D eigenvalue weighted by molar-refractivity contribution is 0.112. The van der Waals surface area contributed by atoms with E-state index in [2.05, 4.69) is 16.9 Å². The lowest BCUT2D eigenvalue weighted by Gasteiger charge is -2.18. The summed E-state index contributed by atoms with van der Waals surface area (Å²) in [6, 6.07) is 0. The summed E-state index contributed by atoms with van der Waals surface area (Å²) < 4.78 is 1.82. The number of aryl methyl sites for hydroxylation is 2. The fraction of sp³-hybridized carbons (Fsp3) is 0.636. The molecule has 0 aliphatic carbocycles. The van der Waals surface area contributed by atoms with Gasteiger partial charge in [-0.05, 0) is 19.3 Å². The predicted octanol–water partition coefficient (Wildman–Crippen LogP) is 1.39. The van der Waals surface area contributed by atoms with E-state index in [1.807, 2.05) is 18.7 Å². The average molecular weight is 207 g/mol. The molecular weight excluding hydrogens is 190 g/mol. The molecule has 0 amide bonds. The number of anilines is 1. The van der Waals surface area contributed by atoms with Crippen LogP contribution in [0.5, 0.6) is 0 Å². The minimum Gasteiger partial charge on any atom is -0.356 e. The summed E-state index contributed by atoms with van der Waals surface area (Å²) in [4.78, 5) is 13.3. The van der Waals surface area contributed by atoms with E-state index in [1.54, 1.807) is 0 Å². The van der Waals surface area contributed by atoms with E-state index in [4.69, 9.17) is 0 Å². The molecule has 1 saturated heterocycles. The quantitative estimate of drug-likeness (QED) is 0.688. The van der Waals surface area contributed by atoms with E-state index >= 15 is 0 Å². The number of rotatable bonds is 2. The van der Waals surface area contributed by atoms with Crippen LogP contribution in [0.2, 0.25) is 0 Å². The Morgan fingerprint density at radius 1 is 1.53 bits per heavy atom. The number of nitrogens with zero attached hydrogens (tertiary/aromatic N) is 3. The molecule has 0 saturated carbocycles. The maximum Gasteiger partial charge on any atom is 0.155 e. The average Bonchev–Trinajstić information content (AvgIpc) is 2.70. The summed E-state index contributed by atoms with van der Waals surface area (Å²) in [6.45, 7) is 6.18. The second-order valence-corrected chi connectivity index (χ2v) is 4.40. The number of carbonyl (C=O) groups excluding carboxylic acids is 1. The lowest BCUT2D eigenvalue weighted by atomic mass is 10.2. The first kappa shape index (κ1) is 10.2. The molecular formula is C11H17N3O. The molecule has 15 heavy (non-hydrogen) atoms. The lowest BCUT2D eigenvalue weighted by Crippen LogP contribution is -2.23. The first-order valence-electron chi connectivity index (χ1n) is 5.37. The molecule has 4 heteroatoms. The van der Waals surface area contributed by atoms with E-state index in [1.165, 1.54) is 6.42 Å². The largest absolute Gasteiger partial charge is 0.356 e. The fourth-order valence-corrected chi connectivity index (χ4v) is 2.30. The van der Waals surface area contributed by atoms with Crippen LogP contribution in [0.25, 0.3) is 0 Å². The Morgan fingerprint density at radius 3 is 2.80 bits per heavy atom. The zero-order valence-electron chi connectivity index (χ0n) is 9.53. The highest BCUT2D eigenvalue weighted by molar-refractivity contribution is 5.84. The molecule has 1 atom stereocenters. The zero-order chi connectivity index (χ0) is 11.0. The molecule has 1 aromatic rings. The Bertz CT molecular complexity index is 383. The maximum absolute atomic E-state index is 11.0. The number of hydrogen-bond acceptors (Lipinski definition) is 3. The van der Waals surface area contributed by atoms with Crippen molar-refractivity contribution in [3.63, 3.8) is 0 Å². The van der Waals surface area contributed by atoms with Gasteiger partial charge in [0.25, 0.3) is 0 Å². The molecule has 1 aromatic heterocycles. The van der Waals surface area contributed by atoms with Gasteiger partial charge in [0.1, 0.15) is 5.82 Å². The Hall–Kier alpha value is -1.32. The topological polar surface area (TPSA) is 38.1 Å². The molecule has 0 N–H and O–H groups in total. The Balaban J connectivity index is 2.38. The highest BCUT2D eigenvalue weighted by atomic mass is 16.1. The van der Waals surface area contributed by atoms with Crippen LogP contribution in [0.1, 0.15) is 29.4 Å². The normalized spacial score (nSPS) is 21.0. The predicted molar refractivity (Wildman–Crippen MR) is 59.3 cm³/mol. The van der Waals surface area contributed by atoms with Gasteiger partial charge in [0, 0.05) is 20.1 Å². The van der Waals surface area contributed by atoms with E-state index in [0.717, 1.165) is 36.5 Å². The van der Waals surface area contributed by atoms with Gasteiger partial charge in [0.2, 0.25) is 0 Å². The van der Waals surface area contributed by atoms with Crippen molar-refractivity contribution in [2.75, 3.05) is 18.0 Å². The molecule has 1 fully saturated rings. The molecule has 4 nitrogen and oxygen atoms in total. The van der Waals surface area contributed by atoms with Crippen molar-refractivity contribution in [1.29, 1.82) is 0 Å². The Kier molecular flexibility index (Phi) is 2.50. The van der Waals surface area contributed by atoms with Crippen molar-refractivity contribution in [2.45, 2.75) is 20.3 Å². The molecule has 0 radical (unpaired) electrons. The van der Waals surface area contributed by atoms with Gasteiger partial charge in [0.05, 0.1) is 11.3 Å². The number of aromatic nitrogens is 2. The van der Waals surface area contributed by atoms with Crippen molar-refractivity contribution in [3.05, 3.63) is 11.3 Å². The second-order valence-electron chi connectivity index (χ2n) is 4.40. The van der Waals surface area contributed by atoms with E-state index < -0.39 is 0 Å². The third kappa shape index (κ3) is 1.64. The van der Waals surface area contributed by atoms with Crippen LogP contribution in [0.3, 0.4) is 0 Å². The molecule has 0 bridgehead atoms. The third-order valence-electron chi connectivity index (χ3n) is 3.08. The van der Waals surface area contributed by atoms with Crippen LogP contribution in [-0.2, 0) is 7.05 Å². The van der Waals surface area contributed by atoms with Crippen LogP contribution in [0.4, 0.5) is 5.82 Å². The van der Waals surface area contributed by atoms with E-state index in [-0.39, 0.29) is 0 Å². The Labute approximate surface area is 89.9 Å². The van der Waals surface area contributed by atoms with Crippen LogP contribution in [0, 0.1) is 12.8 Å². The van der Waals surface area contributed by atoms with Crippen molar-refractivity contribution >= 4 is 12.1 Å². The monoisotopic (exact) mass is 207 g/mol. The van der Waals surface area contributed by atoms with Crippen molar-refractivity contribution in [3.8, 4) is 0 Å². The first-order valence-corrected chi connectivity index (χ1v) is 5.37. The van der Waals surface area contributed by atoms with Gasteiger partial charge >= 0.3 is 0 Å². The summed E-state index contributed by atoms with van der Waals surface area (Å²) >= 11 is 0. The van der Waals surface area contributed by atoms with E-state index in [0.29, 0.717) is 5.92 Å². The van der Waals surface area contributed by atoms with Crippen molar-refractivity contribution < 1.29 is 4.79 Å². The molecule has 2 heterocycles. The molecule has 0 spiro atoms. The first-order chi connectivity index (χ1) is 7.13. The molecule has 1 aliphatic heterocycles. The second kappa shape index (κ2) is 3.68. The molecule has 2 rings (SSSR count). The summed E-state index contributed by atoms with van der Waals surface area (Å²) in [7, 11) is 1.90. The van der Waals surface area contributed by atoms with Gasteiger partial charge in [-0.15, -0.1) is 0 Å². The van der Waals surface area contributed by atoms with Crippen LogP contribution < -0.4 is 4.90 Å². The highest BCUT2D eigenvalue weighted by Crippen LogP contribution is 2.27. The minimum atomic E-state index is 0.708. The Morgan fingerprint density at radius 2 is 2.27 bits per heavy atom. The molecule has 82 valence electrons. The standard InChI is InChI=1S/C11H17N3O/c1-8-4-5-14(6-8)11-10(7-15)9(2)12-13(11)3/h7-8H,4-6H2,1-3H3. The molecule has 0 aromatic carbocycles. The molecule has 1 aliphatic rings. The number of hydrogen-bond donors (Lipinski definition) is 0. The summed E-state index contributed by atoms with van der Waals surface area (Å²) in [5.41, 5.74) is 1.56. The van der Waals surface area contributed by atoms with Gasteiger partial charge in [0.15, 0.2) is 6.29 Å². The van der Waals surface area contributed by atoms with Gasteiger partial charge < -0.3 is 4.90 Å².